The fourth-order valence-electron chi connectivity index (χ4n) is 4.13. The van der Waals surface area contributed by atoms with Crippen LogP contribution in [0, 0.1) is 5.41 Å². The Kier molecular flexibility index (Phi) is 2.56. The smallest absolute Gasteiger partial charge is 0.0779 e. The summed E-state index contributed by atoms with van der Waals surface area (Å²) in [6, 6.07) is 0.621. The summed E-state index contributed by atoms with van der Waals surface area (Å²) in [5.74, 6) is 0. The Hall–Kier alpha value is -0.0800. The van der Waals surface area contributed by atoms with Gasteiger partial charge in [-0.25, -0.2) is 0 Å². The Morgan fingerprint density at radius 2 is 1.81 bits per heavy atom. The van der Waals surface area contributed by atoms with Gasteiger partial charge in [0.05, 0.1) is 12.7 Å². The lowest BCUT2D eigenvalue weighted by Crippen LogP contribution is -2.65. The molecular formula is C14H25NO. The van der Waals surface area contributed by atoms with E-state index >= 15 is 0 Å². The molecule has 2 unspecified atom stereocenters. The van der Waals surface area contributed by atoms with Crippen molar-refractivity contribution in [1.82, 2.24) is 5.32 Å². The van der Waals surface area contributed by atoms with Gasteiger partial charge in [0, 0.05) is 11.6 Å². The van der Waals surface area contributed by atoms with Crippen molar-refractivity contribution in [1.29, 1.82) is 0 Å². The minimum Gasteiger partial charge on any atom is -0.374 e. The zero-order valence-electron chi connectivity index (χ0n) is 10.7. The van der Waals surface area contributed by atoms with Gasteiger partial charge < -0.3 is 10.1 Å². The van der Waals surface area contributed by atoms with Gasteiger partial charge in [0.1, 0.15) is 0 Å². The molecule has 0 amide bonds. The maximum absolute atomic E-state index is 6.27. The average molecular weight is 223 g/mol. The fraction of sp³-hybridized carbons (Fsp3) is 1.00. The monoisotopic (exact) mass is 223 g/mol. The van der Waals surface area contributed by atoms with E-state index in [1.807, 2.05) is 0 Å². The van der Waals surface area contributed by atoms with Crippen LogP contribution in [-0.2, 0) is 4.74 Å². The Morgan fingerprint density at radius 1 is 1.06 bits per heavy atom. The lowest BCUT2D eigenvalue weighted by molar-refractivity contribution is -0.129. The second kappa shape index (κ2) is 3.71. The third kappa shape index (κ3) is 1.70. The highest BCUT2D eigenvalue weighted by Gasteiger charge is 2.48. The van der Waals surface area contributed by atoms with E-state index in [1.54, 1.807) is 0 Å². The third-order valence-electron chi connectivity index (χ3n) is 5.06. The van der Waals surface area contributed by atoms with Crippen LogP contribution in [-0.4, -0.2) is 24.3 Å². The van der Waals surface area contributed by atoms with E-state index in [0.29, 0.717) is 23.1 Å². The molecule has 3 aliphatic rings. The fourth-order valence-corrected chi connectivity index (χ4v) is 4.13. The van der Waals surface area contributed by atoms with E-state index in [0.717, 1.165) is 6.61 Å². The first-order valence-corrected chi connectivity index (χ1v) is 7.01. The molecule has 2 heteroatoms. The van der Waals surface area contributed by atoms with Gasteiger partial charge in [0.15, 0.2) is 0 Å². The first kappa shape index (κ1) is 11.0. The van der Waals surface area contributed by atoms with E-state index in [2.05, 4.69) is 19.2 Å². The van der Waals surface area contributed by atoms with Crippen molar-refractivity contribution >= 4 is 0 Å². The first-order chi connectivity index (χ1) is 7.61. The molecule has 1 N–H and O–H groups in total. The molecule has 3 fully saturated rings. The molecule has 2 nitrogen and oxygen atoms in total. The van der Waals surface area contributed by atoms with Gasteiger partial charge >= 0.3 is 0 Å². The minimum atomic E-state index is 0.356. The van der Waals surface area contributed by atoms with E-state index in [4.69, 9.17) is 4.74 Å². The van der Waals surface area contributed by atoms with Crippen LogP contribution >= 0.6 is 0 Å². The molecule has 1 heterocycles. The van der Waals surface area contributed by atoms with Crippen molar-refractivity contribution in [2.75, 3.05) is 6.61 Å². The molecule has 1 spiro atoms. The Bertz CT molecular complexity index is 268. The Morgan fingerprint density at radius 3 is 2.56 bits per heavy atom. The molecule has 0 bridgehead atoms. The van der Waals surface area contributed by atoms with Gasteiger partial charge in [-0.05, 0) is 31.1 Å². The van der Waals surface area contributed by atoms with E-state index in [-0.39, 0.29) is 0 Å². The predicted molar refractivity (Wildman–Crippen MR) is 65.5 cm³/mol. The molecule has 2 atom stereocenters. The van der Waals surface area contributed by atoms with Gasteiger partial charge in [-0.1, -0.05) is 33.1 Å². The summed E-state index contributed by atoms with van der Waals surface area (Å²) >= 11 is 0. The molecule has 92 valence electrons. The second-order valence-electron chi connectivity index (χ2n) is 6.85. The van der Waals surface area contributed by atoms with Crippen molar-refractivity contribution in [2.45, 2.75) is 76.5 Å². The Labute approximate surface area is 99.1 Å². The predicted octanol–water partition coefficient (Wildman–Crippen LogP) is 2.87. The summed E-state index contributed by atoms with van der Waals surface area (Å²) in [4.78, 5) is 0. The lowest BCUT2D eigenvalue weighted by Gasteiger charge is -2.52. The summed E-state index contributed by atoms with van der Waals surface area (Å²) in [5, 5.41) is 3.96. The van der Waals surface area contributed by atoms with Crippen molar-refractivity contribution < 1.29 is 4.74 Å². The highest BCUT2D eigenvalue weighted by atomic mass is 16.5. The van der Waals surface area contributed by atoms with Crippen LogP contribution in [0.25, 0.3) is 0 Å². The standard InChI is InChI=1S/C14H25NO/c1-13(2)7-5-6-11-12(13)16-10-14(15-11)8-3-4-9-14/h11-12,15H,3-10H2,1-2H3. The topological polar surface area (TPSA) is 21.3 Å². The van der Waals surface area contributed by atoms with Crippen LogP contribution < -0.4 is 5.32 Å². The molecule has 0 aromatic carbocycles. The zero-order valence-corrected chi connectivity index (χ0v) is 10.7. The van der Waals surface area contributed by atoms with E-state index in [1.165, 1.54) is 44.9 Å². The number of ether oxygens (including phenoxy) is 1. The highest BCUT2D eigenvalue weighted by molar-refractivity contribution is 5.04. The highest BCUT2D eigenvalue weighted by Crippen LogP contribution is 2.43. The molecule has 3 rings (SSSR count). The number of fused-ring (bicyclic) bond motifs is 1. The summed E-state index contributed by atoms with van der Waals surface area (Å²) < 4.78 is 6.27. The van der Waals surface area contributed by atoms with Crippen molar-refractivity contribution in [3.05, 3.63) is 0 Å². The number of morpholine rings is 1. The van der Waals surface area contributed by atoms with Crippen LogP contribution in [0.15, 0.2) is 0 Å². The normalized spacial score (nSPS) is 40.9. The lowest BCUT2D eigenvalue weighted by atomic mass is 9.71. The quantitative estimate of drug-likeness (QED) is 0.682. The van der Waals surface area contributed by atoms with E-state index in [9.17, 15) is 0 Å². The zero-order chi connectivity index (χ0) is 11.2. The van der Waals surface area contributed by atoms with Gasteiger partial charge in [0.2, 0.25) is 0 Å². The molecule has 1 saturated heterocycles. The molecular weight excluding hydrogens is 198 g/mol. The first-order valence-electron chi connectivity index (χ1n) is 7.01. The third-order valence-corrected chi connectivity index (χ3v) is 5.06. The summed E-state index contributed by atoms with van der Waals surface area (Å²) in [6.07, 6.45) is 9.88. The molecule has 2 aliphatic carbocycles. The molecule has 2 saturated carbocycles. The average Bonchev–Trinajstić information content (AvgIpc) is 2.65. The SMILES string of the molecule is CC1(C)CCCC2NC3(CCCC3)COC21. The molecule has 0 aromatic heterocycles. The second-order valence-corrected chi connectivity index (χ2v) is 6.85. The van der Waals surface area contributed by atoms with Crippen LogP contribution in [0.3, 0.4) is 0 Å². The maximum atomic E-state index is 6.27. The molecule has 16 heavy (non-hydrogen) atoms. The van der Waals surface area contributed by atoms with Crippen LogP contribution in [0.5, 0.6) is 0 Å². The summed E-state index contributed by atoms with van der Waals surface area (Å²) in [5.41, 5.74) is 0.727. The van der Waals surface area contributed by atoms with Crippen LogP contribution in [0.1, 0.15) is 58.8 Å². The maximum Gasteiger partial charge on any atom is 0.0779 e. The van der Waals surface area contributed by atoms with E-state index < -0.39 is 0 Å². The van der Waals surface area contributed by atoms with Crippen LogP contribution in [0.4, 0.5) is 0 Å². The van der Waals surface area contributed by atoms with Gasteiger partial charge in [-0.3, -0.25) is 0 Å². The van der Waals surface area contributed by atoms with Gasteiger partial charge in [0.25, 0.3) is 0 Å². The molecule has 1 aliphatic heterocycles. The number of hydrogen-bond acceptors (Lipinski definition) is 2. The van der Waals surface area contributed by atoms with Crippen molar-refractivity contribution in [3.8, 4) is 0 Å². The number of hydrogen-bond donors (Lipinski definition) is 1. The molecule has 0 aromatic rings. The van der Waals surface area contributed by atoms with Crippen molar-refractivity contribution in [2.24, 2.45) is 5.41 Å². The van der Waals surface area contributed by atoms with Crippen molar-refractivity contribution in [3.63, 3.8) is 0 Å². The minimum absolute atomic E-state index is 0.356. The van der Waals surface area contributed by atoms with Gasteiger partial charge in [-0.15, -0.1) is 0 Å². The van der Waals surface area contributed by atoms with Gasteiger partial charge in [-0.2, -0.15) is 0 Å². The van der Waals surface area contributed by atoms with Crippen LogP contribution in [0.2, 0.25) is 0 Å². The largest absolute Gasteiger partial charge is 0.374 e. The number of rotatable bonds is 0. The number of nitrogens with one attached hydrogen (secondary N) is 1. The molecule has 0 radical (unpaired) electrons. The summed E-state index contributed by atoms with van der Waals surface area (Å²) in [7, 11) is 0. The Balaban J connectivity index is 1.75. The summed E-state index contributed by atoms with van der Waals surface area (Å²) in [6.45, 7) is 5.70.